The lowest BCUT2D eigenvalue weighted by Crippen LogP contribution is -2.44. The number of nitrogens with two attached hydrogens (primary N) is 1. The van der Waals surface area contributed by atoms with Gasteiger partial charge >= 0.3 is 0 Å². The van der Waals surface area contributed by atoms with Crippen molar-refractivity contribution in [2.24, 2.45) is 11.7 Å². The summed E-state index contributed by atoms with van der Waals surface area (Å²) < 4.78 is 0. The molecule has 0 saturated heterocycles. The second kappa shape index (κ2) is 8.32. The Bertz CT molecular complexity index is 742. The van der Waals surface area contributed by atoms with Crippen LogP contribution in [-0.2, 0) is 0 Å². The van der Waals surface area contributed by atoms with Crippen LogP contribution >= 0.6 is 0 Å². The number of hydrogen-bond donors (Lipinski definition) is 2. The Morgan fingerprint density at radius 3 is 2.58 bits per heavy atom. The number of anilines is 1. The van der Waals surface area contributed by atoms with Gasteiger partial charge in [-0.3, -0.25) is 9.78 Å². The van der Waals surface area contributed by atoms with Crippen molar-refractivity contribution < 1.29 is 4.79 Å². The number of hydrogen-bond acceptors (Lipinski definition) is 4. The van der Waals surface area contributed by atoms with Crippen molar-refractivity contribution >= 4 is 11.6 Å². The molecule has 1 fully saturated rings. The van der Waals surface area contributed by atoms with Crippen LogP contribution < -0.4 is 16.0 Å². The van der Waals surface area contributed by atoms with Gasteiger partial charge in [-0.15, -0.1) is 0 Å². The minimum absolute atomic E-state index is 0.0605. The molecular formula is C21H28N4O. The van der Waals surface area contributed by atoms with Crippen molar-refractivity contribution in [3.63, 3.8) is 0 Å². The van der Waals surface area contributed by atoms with Crippen molar-refractivity contribution in [3.8, 4) is 11.1 Å². The van der Waals surface area contributed by atoms with Crippen molar-refractivity contribution in [2.75, 3.05) is 25.5 Å². The highest BCUT2D eigenvalue weighted by Crippen LogP contribution is 2.25. The second-order valence-electron chi connectivity index (χ2n) is 7.26. The van der Waals surface area contributed by atoms with E-state index >= 15 is 0 Å². The molecule has 0 aliphatic heterocycles. The molecule has 2 unspecified atom stereocenters. The fourth-order valence-electron chi connectivity index (χ4n) is 3.61. The van der Waals surface area contributed by atoms with E-state index in [0.717, 1.165) is 36.1 Å². The van der Waals surface area contributed by atoms with Gasteiger partial charge in [-0.1, -0.05) is 25.0 Å². The number of rotatable bonds is 5. The second-order valence-corrected chi connectivity index (χ2v) is 7.26. The molecule has 2 aromatic rings. The van der Waals surface area contributed by atoms with Crippen molar-refractivity contribution in [1.29, 1.82) is 0 Å². The highest BCUT2D eigenvalue weighted by Gasteiger charge is 2.25. The maximum absolute atomic E-state index is 12.7. The molecule has 1 aliphatic carbocycles. The number of pyridine rings is 1. The van der Waals surface area contributed by atoms with Gasteiger partial charge in [-0.25, -0.2) is 0 Å². The summed E-state index contributed by atoms with van der Waals surface area (Å²) in [7, 11) is 4.03. The fraction of sp³-hybridized carbons (Fsp3) is 0.429. The number of nitrogens with one attached hydrogen (secondary N) is 1. The molecule has 1 aromatic heterocycles. The number of amides is 1. The monoisotopic (exact) mass is 352 g/mol. The summed E-state index contributed by atoms with van der Waals surface area (Å²) in [6.45, 7) is 0.626. The summed E-state index contributed by atoms with van der Waals surface area (Å²) in [6.07, 6.45) is 7.88. The minimum Gasteiger partial charge on any atom is -0.378 e. The quantitative estimate of drug-likeness (QED) is 0.867. The lowest BCUT2D eigenvalue weighted by Gasteiger charge is -2.31. The van der Waals surface area contributed by atoms with E-state index in [1.165, 1.54) is 6.42 Å². The normalized spacial score (nSPS) is 19.8. The number of carbonyl (C=O) groups is 1. The Balaban J connectivity index is 1.75. The van der Waals surface area contributed by atoms with Crippen molar-refractivity contribution in [2.45, 2.75) is 31.7 Å². The molecule has 26 heavy (non-hydrogen) atoms. The first-order valence-corrected chi connectivity index (χ1v) is 9.32. The van der Waals surface area contributed by atoms with E-state index in [1.54, 1.807) is 12.4 Å². The zero-order valence-corrected chi connectivity index (χ0v) is 15.6. The molecule has 1 aromatic carbocycles. The smallest absolute Gasteiger partial charge is 0.253 e. The predicted molar refractivity (Wildman–Crippen MR) is 106 cm³/mol. The molecule has 0 radical (unpaired) electrons. The van der Waals surface area contributed by atoms with E-state index in [0.29, 0.717) is 18.0 Å². The number of benzene rings is 1. The maximum atomic E-state index is 12.7. The fourth-order valence-corrected chi connectivity index (χ4v) is 3.61. The average molecular weight is 352 g/mol. The molecule has 3 N–H and O–H groups in total. The van der Waals surface area contributed by atoms with E-state index in [4.69, 9.17) is 5.73 Å². The Morgan fingerprint density at radius 1 is 1.15 bits per heavy atom. The van der Waals surface area contributed by atoms with Crippen molar-refractivity contribution in [1.82, 2.24) is 10.3 Å². The maximum Gasteiger partial charge on any atom is 0.253 e. The average Bonchev–Trinajstić information content (AvgIpc) is 2.68. The molecule has 138 valence electrons. The Labute approximate surface area is 155 Å². The number of aromatic nitrogens is 1. The molecule has 0 bridgehead atoms. The van der Waals surface area contributed by atoms with Crippen molar-refractivity contribution in [3.05, 3.63) is 48.3 Å². The van der Waals surface area contributed by atoms with Crippen LogP contribution in [0.5, 0.6) is 0 Å². The molecular weight excluding hydrogens is 324 g/mol. The summed E-state index contributed by atoms with van der Waals surface area (Å²) in [5.74, 6) is 0.317. The summed E-state index contributed by atoms with van der Waals surface area (Å²) >= 11 is 0. The molecule has 3 rings (SSSR count). The SMILES string of the molecule is CN(C)c1ccc(-c2cncc(C(=O)NC3CCCCC3CN)c2)cc1. The summed E-state index contributed by atoms with van der Waals surface area (Å²) in [4.78, 5) is 19.0. The highest BCUT2D eigenvalue weighted by molar-refractivity contribution is 5.95. The van der Waals surface area contributed by atoms with Gasteiger partial charge < -0.3 is 16.0 Å². The van der Waals surface area contributed by atoms with E-state index in [9.17, 15) is 4.79 Å². The van der Waals surface area contributed by atoms with Gasteiger partial charge in [0.1, 0.15) is 0 Å². The van der Waals surface area contributed by atoms with Crippen LogP contribution in [-0.4, -0.2) is 37.6 Å². The van der Waals surface area contributed by atoms with Crippen LogP contribution in [0.2, 0.25) is 0 Å². The van der Waals surface area contributed by atoms with Crippen LogP contribution in [0.15, 0.2) is 42.7 Å². The van der Waals surface area contributed by atoms with Gasteiger partial charge in [-0.05, 0) is 49.1 Å². The standard InChI is InChI=1S/C21H28N4O/c1-25(2)19-9-7-15(8-10-19)17-11-18(14-23-13-17)21(26)24-20-6-4-3-5-16(20)12-22/h7-11,13-14,16,20H,3-6,12,22H2,1-2H3,(H,24,26). The zero-order valence-electron chi connectivity index (χ0n) is 15.6. The van der Waals surface area contributed by atoms with Gasteiger partial charge in [-0.2, -0.15) is 0 Å². The Kier molecular flexibility index (Phi) is 5.89. The molecule has 0 spiro atoms. The number of carbonyl (C=O) groups excluding carboxylic acids is 1. The summed E-state index contributed by atoms with van der Waals surface area (Å²) in [5.41, 5.74) is 9.61. The van der Waals surface area contributed by atoms with Crippen LogP contribution in [0.1, 0.15) is 36.0 Å². The van der Waals surface area contributed by atoms with Gasteiger partial charge in [0.25, 0.3) is 5.91 Å². The van der Waals surface area contributed by atoms with Crippen LogP contribution in [0.4, 0.5) is 5.69 Å². The largest absolute Gasteiger partial charge is 0.378 e. The van der Waals surface area contributed by atoms with E-state index in [1.807, 2.05) is 20.2 Å². The lowest BCUT2D eigenvalue weighted by atomic mass is 9.84. The molecule has 1 aliphatic rings. The van der Waals surface area contributed by atoms with Crippen LogP contribution in [0.3, 0.4) is 0 Å². The molecule has 2 atom stereocenters. The lowest BCUT2D eigenvalue weighted by molar-refractivity contribution is 0.0907. The van der Waals surface area contributed by atoms with Gasteiger partial charge in [0.15, 0.2) is 0 Å². The van der Waals surface area contributed by atoms with Gasteiger partial charge in [0, 0.05) is 43.8 Å². The van der Waals surface area contributed by atoms with Gasteiger partial charge in [0.2, 0.25) is 0 Å². The first-order chi connectivity index (χ1) is 12.6. The summed E-state index contributed by atoms with van der Waals surface area (Å²) in [6, 6.07) is 10.3. The Hall–Kier alpha value is -2.40. The van der Waals surface area contributed by atoms with Crippen LogP contribution in [0, 0.1) is 5.92 Å². The molecule has 1 amide bonds. The topological polar surface area (TPSA) is 71.2 Å². The predicted octanol–water partition coefficient (Wildman–Crippen LogP) is 3.06. The number of nitrogens with zero attached hydrogens (tertiary/aromatic N) is 2. The Morgan fingerprint density at radius 2 is 1.88 bits per heavy atom. The van der Waals surface area contributed by atoms with E-state index < -0.39 is 0 Å². The van der Waals surface area contributed by atoms with Gasteiger partial charge in [0.05, 0.1) is 5.56 Å². The first-order valence-electron chi connectivity index (χ1n) is 9.32. The molecule has 5 heteroatoms. The molecule has 5 nitrogen and oxygen atoms in total. The molecule has 1 heterocycles. The molecule has 1 saturated carbocycles. The van der Waals surface area contributed by atoms with E-state index in [-0.39, 0.29) is 11.9 Å². The minimum atomic E-state index is -0.0605. The zero-order chi connectivity index (χ0) is 18.5. The highest BCUT2D eigenvalue weighted by atomic mass is 16.1. The first kappa shape index (κ1) is 18.4. The van der Waals surface area contributed by atoms with E-state index in [2.05, 4.69) is 39.5 Å². The summed E-state index contributed by atoms with van der Waals surface area (Å²) in [5, 5.41) is 3.17. The third-order valence-electron chi connectivity index (χ3n) is 5.25. The third-order valence-corrected chi connectivity index (χ3v) is 5.25. The third kappa shape index (κ3) is 4.22. The van der Waals surface area contributed by atoms with Crippen LogP contribution in [0.25, 0.3) is 11.1 Å².